The molecule has 45 heavy (non-hydrogen) atoms. The quantitative estimate of drug-likeness (QED) is 0.219. The van der Waals surface area contributed by atoms with E-state index in [4.69, 9.17) is 26.6 Å². The summed E-state index contributed by atoms with van der Waals surface area (Å²) in [4.78, 5) is 47.5. The standard InChI is InChI=1S/C35H42ClN7O2/c1-10-29(44)41-18-23(7)42(19-22(41)6)33-26-17-27(36)31(25-14-12-11-13-24(25)20(2)3)38-34(26)43(35(45)39-33)32-28(40(8)9)15-16-37-30(32)21(4)5/h10-17,20-23H,1,18-19H2,2-9H3/t22-,23+/m1/s1. The van der Waals surface area contributed by atoms with E-state index in [1.807, 2.05) is 63.2 Å². The minimum Gasteiger partial charge on any atom is -0.376 e. The van der Waals surface area contributed by atoms with Gasteiger partial charge < -0.3 is 14.7 Å². The molecule has 0 saturated carbocycles. The Morgan fingerprint density at radius 1 is 1.04 bits per heavy atom. The Bertz CT molecular complexity index is 1800. The third-order valence-corrected chi connectivity index (χ3v) is 8.83. The van der Waals surface area contributed by atoms with Crippen molar-refractivity contribution in [3.05, 3.63) is 82.0 Å². The Balaban J connectivity index is 1.87. The lowest BCUT2D eigenvalue weighted by molar-refractivity contribution is -0.128. The van der Waals surface area contributed by atoms with Gasteiger partial charge in [0.15, 0.2) is 5.65 Å². The van der Waals surface area contributed by atoms with Crippen LogP contribution in [0.3, 0.4) is 0 Å². The third-order valence-electron chi connectivity index (χ3n) is 8.54. The van der Waals surface area contributed by atoms with Crippen molar-refractivity contribution in [2.75, 3.05) is 37.0 Å². The zero-order chi connectivity index (χ0) is 32.7. The molecule has 5 rings (SSSR count). The number of benzene rings is 1. The van der Waals surface area contributed by atoms with Crippen molar-refractivity contribution in [1.29, 1.82) is 0 Å². The van der Waals surface area contributed by atoms with E-state index >= 15 is 0 Å². The van der Waals surface area contributed by atoms with Crippen LogP contribution in [0.15, 0.2) is 60.0 Å². The van der Waals surface area contributed by atoms with Crippen LogP contribution in [0.1, 0.15) is 64.6 Å². The molecular formula is C35H42ClN7O2. The van der Waals surface area contributed by atoms with Gasteiger partial charge >= 0.3 is 5.69 Å². The van der Waals surface area contributed by atoms with Gasteiger partial charge in [0.1, 0.15) is 5.82 Å². The van der Waals surface area contributed by atoms with Gasteiger partial charge in [0.05, 0.1) is 33.2 Å². The number of hydrogen-bond donors (Lipinski definition) is 0. The van der Waals surface area contributed by atoms with Crippen molar-refractivity contribution < 1.29 is 4.79 Å². The summed E-state index contributed by atoms with van der Waals surface area (Å²) in [5, 5.41) is 1.12. The molecule has 2 atom stereocenters. The average molecular weight is 628 g/mol. The van der Waals surface area contributed by atoms with Gasteiger partial charge in [-0.3, -0.25) is 9.78 Å². The maximum Gasteiger partial charge on any atom is 0.355 e. The Morgan fingerprint density at radius 2 is 1.76 bits per heavy atom. The summed E-state index contributed by atoms with van der Waals surface area (Å²) in [6.45, 7) is 17.0. The summed E-state index contributed by atoms with van der Waals surface area (Å²) in [5.41, 5.74) is 4.85. The van der Waals surface area contributed by atoms with E-state index in [0.717, 1.165) is 22.5 Å². The van der Waals surface area contributed by atoms with Gasteiger partial charge in [-0.15, -0.1) is 0 Å². The predicted octanol–water partition coefficient (Wildman–Crippen LogP) is 6.42. The lowest BCUT2D eigenvalue weighted by Gasteiger charge is -2.44. The largest absolute Gasteiger partial charge is 0.376 e. The van der Waals surface area contributed by atoms with Crippen molar-refractivity contribution >= 4 is 40.0 Å². The van der Waals surface area contributed by atoms with Crippen molar-refractivity contribution in [2.24, 2.45) is 0 Å². The first kappa shape index (κ1) is 32.2. The minimum absolute atomic E-state index is 0.0197. The molecule has 0 N–H and O–H groups in total. The van der Waals surface area contributed by atoms with E-state index in [9.17, 15) is 9.59 Å². The summed E-state index contributed by atoms with van der Waals surface area (Å²) in [6.07, 6.45) is 3.11. The van der Waals surface area contributed by atoms with E-state index in [1.54, 1.807) is 15.7 Å². The van der Waals surface area contributed by atoms with Crippen LogP contribution in [-0.2, 0) is 4.79 Å². The first-order valence-electron chi connectivity index (χ1n) is 15.4. The van der Waals surface area contributed by atoms with Crippen molar-refractivity contribution in [3.8, 4) is 16.9 Å². The first-order valence-corrected chi connectivity index (χ1v) is 15.8. The number of carbonyl (C=O) groups is 1. The topological polar surface area (TPSA) is 87.5 Å². The summed E-state index contributed by atoms with van der Waals surface area (Å²) in [7, 11) is 3.89. The zero-order valence-corrected chi connectivity index (χ0v) is 28.1. The maximum absolute atomic E-state index is 14.4. The van der Waals surface area contributed by atoms with Gasteiger partial charge in [-0.2, -0.15) is 4.98 Å². The number of anilines is 2. The van der Waals surface area contributed by atoms with Crippen LogP contribution in [0.5, 0.6) is 0 Å². The number of piperazine rings is 1. The van der Waals surface area contributed by atoms with Crippen molar-refractivity contribution in [1.82, 2.24) is 24.4 Å². The number of rotatable bonds is 7. The molecule has 1 aliphatic heterocycles. The molecule has 1 saturated heterocycles. The molecule has 4 heterocycles. The van der Waals surface area contributed by atoms with Crippen LogP contribution in [0, 0.1) is 0 Å². The minimum atomic E-state index is -0.460. The number of fused-ring (bicyclic) bond motifs is 1. The molecule has 0 radical (unpaired) electrons. The Hall–Kier alpha value is -4.24. The Labute approximate surface area is 270 Å². The number of aromatic nitrogens is 4. The normalized spacial score (nSPS) is 17.0. The highest BCUT2D eigenvalue weighted by Gasteiger charge is 2.34. The molecule has 1 fully saturated rings. The molecule has 3 aromatic heterocycles. The molecule has 4 aromatic rings. The van der Waals surface area contributed by atoms with Crippen LogP contribution in [0.4, 0.5) is 11.5 Å². The van der Waals surface area contributed by atoms with Crippen LogP contribution < -0.4 is 15.5 Å². The molecule has 1 aliphatic rings. The van der Waals surface area contributed by atoms with E-state index in [1.165, 1.54) is 6.08 Å². The number of halogens is 1. The second-order valence-corrected chi connectivity index (χ2v) is 13.1. The second-order valence-electron chi connectivity index (χ2n) is 12.6. The molecule has 9 nitrogen and oxygen atoms in total. The molecule has 0 aliphatic carbocycles. The highest BCUT2D eigenvalue weighted by molar-refractivity contribution is 6.34. The summed E-state index contributed by atoms with van der Waals surface area (Å²) in [5.74, 6) is 0.629. The Morgan fingerprint density at radius 3 is 2.40 bits per heavy atom. The maximum atomic E-state index is 14.4. The number of hydrogen-bond acceptors (Lipinski definition) is 7. The van der Waals surface area contributed by atoms with E-state index in [0.29, 0.717) is 46.3 Å². The molecule has 0 bridgehead atoms. The molecule has 1 aromatic carbocycles. The van der Waals surface area contributed by atoms with Gasteiger partial charge in [0.2, 0.25) is 5.91 Å². The smallest absolute Gasteiger partial charge is 0.355 e. The van der Waals surface area contributed by atoms with Crippen molar-refractivity contribution in [2.45, 2.75) is 65.5 Å². The molecular weight excluding hydrogens is 586 g/mol. The van der Waals surface area contributed by atoms with Gasteiger partial charge in [-0.25, -0.2) is 14.3 Å². The fraction of sp³-hybridized carbons (Fsp3) is 0.400. The van der Waals surface area contributed by atoms with Crippen molar-refractivity contribution in [3.63, 3.8) is 0 Å². The number of amides is 1. The highest BCUT2D eigenvalue weighted by atomic mass is 35.5. The third kappa shape index (κ3) is 5.81. The lowest BCUT2D eigenvalue weighted by atomic mass is 9.95. The van der Waals surface area contributed by atoms with E-state index < -0.39 is 5.69 Å². The SMILES string of the molecule is C=CC(=O)N1C[C@H](C)N(c2nc(=O)n(-c3c(N(C)C)ccnc3C(C)C)c3nc(-c4ccccc4C(C)C)c(Cl)cc23)C[C@H]1C. The molecule has 10 heteroatoms. The fourth-order valence-electron chi connectivity index (χ4n) is 6.25. The predicted molar refractivity (Wildman–Crippen MR) is 184 cm³/mol. The van der Waals surface area contributed by atoms with Gasteiger partial charge in [-0.1, -0.05) is 70.1 Å². The van der Waals surface area contributed by atoms with Gasteiger partial charge in [0, 0.05) is 51.0 Å². The number of pyridine rings is 2. The second kappa shape index (κ2) is 12.6. The van der Waals surface area contributed by atoms with Crippen LogP contribution >= 0.6 is 11.6 Å². The summed E-state index contributed by atoms with van der Waals surface area (Å²) >= 11 is 7.09. The van der Waals surface area contributed by atoms with Gasteiger partial charge in [-0.05, 0) is 49.5 Å². The molecule has 0 spiro atoms. The molecule has 236 valence electrons. The van der Waals surface area contributed by atoms with Crippen LogP contribution in [0.2, 0.25) is 5.02 Å². The monoisotopic (exact) mass is 627 g/mol. The van der Waals surface area contributed by atoms with Crippen LogP contribution in [0.25, 0.3) is 28.0 Å². The number of carbonyl (C=O) groups excluding carboxylic acids is 1. The first-order chi connectivity index (χ1) is 21.3. The average Bonchev–Trinajstić information content (AvgIpc) is 3.00. The highest BCUT2D eigenvalue weighted by Crippen LogP contribution is 2.39. The van der Waals surface area contributed by atoms with E-state index in [-0.39, 0.29) is 29.8 Å². The summed E-state index contributed by atoms with van der Waals surface area (Å²) < 4.78 is 1.60. The zero-order valence-electron chi connectivity index (χ0n) is 27.4. The fourth-order valence-corrected chi connectivity index (χ4v) is 6.50. The van der Waals surface area contributed by atoms with Crippen LogP contribution in [-0.4, -0.2) is 69.6 Å². The lowest BCUT2D eigenvalue weighted by Crippen LogP contribution is -2.58. The van der Waals surface area contributed by atoms with Gasteiger partial charge in [0.25, 0.3) is 0 Å². The summed E-state index contributed by atoms with van der Waals surface area (Å²) in [6, 6.07) is 11.6. The molecule has 1 amide bonds. The molecule has 0 unspecified atom stereocenters. The Kier molecular flexibility index (Phi) is 9.03. The van der Waals surface area contributed by atoms with E-state index in [2.05, 4.69) is 45.2 Å². The number of nitrogens with zero attached hydrogens (tertiary/aromatic N) is 7.